The molecule has 2 amide bonds. The zero-order valence-corrected chi connectivity index (χ0v) is 14.9. The summed E-state index contributed by atoms with van der Waals surface area (Å²) in [6, 6.07) is 24.5. The lowest BCUT2D eigenvalue weighted by molar-refractivity contribution is -0.118. The molecule has 0 aliphatic heterocycles. The van der Waals surface area contributed by atoms with Gasteiger partial charge in [0.15, 0.2) is 6.61 Å². The van der Waals surface area contributed by atoms with Crippen LogP contribution >= 0.6 is 0 Å². The van der Waals surface area contributed by atoms with Crippen LogP contribution in [0, 0.1) is 0 Å². The fourth-order valence-electron chi connectivity index (χ4n) is 2.56. The van der Waals surface area contributed by atoms with Gasteiger partial charge in [0.05, 0.1) is 0 Å². The molecule has 3 aromatic carbocycles. The number of hydrogen-bond donors (Lipinski definition) is 2. The van der Waals surface area contributed by atoms with Crippen molar-refractivity contribution >= 4 is 23.2 Å². The van der Waals surface area contributed by atoms with Crippen LogP contribution in [0.1, 0.15) is 6.92 Å². The minimum absolute atomic E-state index is 0.0973. The number of benzene rings is 3. The van der Waals surface area contributed by atoms with Crippen molar-refractivity contribution in [2.75, 3.05) is 17.2 Å². The van der Waals surface area contributed by atoms with Gasteiger partial charge < -0.3 is 15.4 Å². The van der Waals surface area contributed by atoms with Gasteiger partial charge in [0.1, 0.15) is 5.75 Å². The SMILES string of the molecule is CC(=O)Nc1ccc(OCC(=O)Nc2ccc(-c3ccccc3)cc2)cc1. The minimum atomic E-state index is -0.242. The number of hydrogen-bond acceptors (Lipinski definition) is 3. The van der Waals surface area contributed by atoms with Crippen LogP contribution in [0.25, 0.3) is 11.1 Å². The molecule has 3 aromatic rings. The Hall–Kier alpha value is -3.60. The van der Waals surface area contributed by atoms with Gasteiger partial charge in [-0.15, -0.1) is 0 Å². The van der Waals surface area contributed by atoms with Gasteiger partial charge in [-0.2, -0.15) is 0 Å². The highest BCUT2D eigenvalue weighted by molar-refractivity contribution is 5.92. The largest absolute Gasteiger partial charge is 0.484 e. The van der Waals surface area contributed by atoms with Crippen molar-refractivity contribution in [1.29, 1.82) is 0 Å². The molecule has 3 rings (SSSR count). The van der Waals surface area contributed by atoms with E-state index in [0.29, 0.717) is 17.1 Å². The van der Waals surface area contributed by atoms with Crippen molar-refractivity contribution in [3.8, 4) is 16.9 Å². The lowest BCUT2D eigenvalue weighted by Crippen LogP contribution is -2.20. The molecule has 0 unspecified atom stereocenters. The maximum Gasteiger partial charge on any atom is 0.262 e. The first-order valence-corrected chi connectivity index (χ1v) is 8.56. The number of carbonyl (C=O) groups excluding carboxylic acids is 2. The monoisotopic (exact) mass is 360 g/mol. The topological polar surface area (TPSA) is 67.4 Å². The van der Waals surface area contributed by atoms with Crippen LogP contribution in [0.4, 0.5) is 11.4 Å². The summed E-state index contributed by atoms with van der Waals surface area (Å²) >= 11 is 0. The highest BCUT2D eigenvalue weighted by Gasteiger charge is 2.05. The van der Waals surface area contributed by atoms with Gasteiger partial charge in [0.25, 0.3) is 5.91 Å². The van der Waals surface area contributed by atoms with Crippen LogP contribution in [0.3, 0.4) is 0 Å². The van der Waals surface area contributed by atoms with E-state index in [1.807, 2.05) is 54.6 Å². The Labute approximate surface area is 158 Å². The number of carbonyl (C=O) groups is 2. The van der Waals surface area contributed by atoms with Crippen molar-refractivity contribution in [2.24, 2.45) is 0 Å². The molecule has 5 heteroatoms. The zero-order chi connectivity index (χ0) is 19.1. The first-order chi connectivity index (χ1) is 13.1. The van der Waals surface area contributed by atoms with E-state index in [0.717, 1.165) is 11.1 Å². The maximum absolute atomic E-state index is 12.1. The molecular formula is C22H20N2O3. The molecule has 136 valence electrons. The summed E-state index contributed by atoms with van der Waals surface area (Å²) in [7, 11) is 0. The van der Waals surface area contributed by atoms with Crippen molar-refractivity contribution in [3.05, 3.63) is 78.9 Å². The van der Waals surface area contributed by atoms with Gasteiger partial charge in [0, 0.05) is 18.3 Å². The zero-order valence-electron chi connectivity index (χ0n) is 14.9. The van der Waals surface area contributed by atoms with E-state index in [4.69, 9.17) is 4.74 Å². The van der Waals surface area contributed by atoms with E-state index < -0.39 is 0 Å². The van der Waals surface area contributed by atoms with Crippen LogP contribution in [0.2, 0.25) is 0 Å². The number of amides is 2. The lowest BCUT2D eigenvalue weighted by atomic mass is 10.1. The fourth-order valence-corrected chi connectivity index (χ4v) is 2.56. The number of ether oxygens (including phenoxy) is 1. The minimum Gasteiger partial charge on any atom is -0.484 e. The molecule has 27 heavy (non-hydrogen) atoms. The quantitative estimate of drug-likeness (QED) is 0.687. The van der Waals surface area contributed by atoms with E-state index in [-0.39, 0.29) is 18.4 Å². The first kappa shape index (κ1) is 18.2. The normalized spacial score (nSPS) is 10.1. The van der Waals surface area contributed by atoms with Crippen molar-refractivity contribution < 1.29 is 14.3 Å². The van der Waals surface area contributed by atoms with E-state index in [9.17, 15) is 9.59 Å². The summed E-state index contributed by atoms with van der Waals surface area (Å²) in [5.41, 5.74) is 3.60. The summed E-state index contributed by atoms with van der Waals surface area (Å²) in [6.07, 6.45) is 0. The predicted octanol–water partition coefficient (Wildman–Crippen LogP) is 4.33. The van der Waals surface area contributed by atoms with Crippen LogP contribution < -0.4 is 15.4 Å². The van der Waals surface area contributed by atoms with Crippen molar-refractivity contribution in [3.63, 3.8) is 0 Å². The number of rotatable bonds is 6. The van der Waals surface area contributed by atoms with Crippen molar-refractivity contribution in [1.82, 2.24) is 0 Å². The molecule has 0 bridgehead atoms. The van der Waals surface area contributed by atoms with Crippen molar-refractivity contribution in [2.45, 2.75) is 6.92 Å². The molecule has 5 nitrogen and oxygen atoms in total. The second-order valence-electron chi connectivity index (χ2n) is 5.99. The Bertz CT molecular complexity index is 905. The molecule has 0 atom stereocenters. The lowest BCUT2D eigenvalue weighted by Gasteiger charge is -2.09. The Kier molecular flexibility index (Phi) is 5.84. The smallest absolute Gasteiger partial charge is 0.262 e. The van der Waals surface area contributed by atoms with Gasteiger partial charge in [-0.3, -0.25) is 9.59 Å². The van der Waals surface area contributed by atoms with Crippen LogP contribution in [0.15, 0.2) is 78.9 Å². The van der Waals surface area contributed by atoms with E-state index in [1.54, 1.807) is 24.3 Å². The highest BCUT2D eigenvalue weighted by Crippen LogP contribution is 2.21. The Morgan fingerprint density at radius 2 is 1.30 bits per heavy atom. The number of nitrogens with one attached hydrogen (secondary N) is 2. The Morgan fingerprint density at radius 1 is 0.741 bits per heavy atom. The second kappa shape index (κ2) is 8.67. The summed E-state index contributed by atoms with van der Waals surface area (Å²) < 4.78 is 5.47. The average Bonchev–Trinajstić information content (AvgIpc) is 2.68. The number of anilines is 2. The molecule has 0 saturated heterocycles. The second-order valence-corrected chi connectivity index (χ2v) is 5.99. The fraction of sp³-hybridized carbons (Fsp3) is 0.0909. The molecule has 0 spiro atoms. The average molecular weight is 360 g/mol. The summed E-state index contributed by atoms with van der Waals surface area (Å²) in [4.78, 5) is 23.1. The predicted molar refractivity (Wildman–Crippen MR) is 107 cm³/mol. The molecular weight excluding hydrogens is 340 g/mol. The van der Waals surface area contributed by atoms with Crippen LogP contribution in [-0.2, 0) is 9.59 Å². The van der Waals surface area contributed by atoms with Crippen LogP contribution in [-0.4, -0.2) is 18.4 Å². The van der Waals surface area contributed by atoms with Gasteiger partial charge in [-0.05, 0) is 47.5 Å². The first-order valence-electron chi connectivity index (χ1n) is 8.56. The third kappa shape index (κ3) is 5.44. The van der Waals surface area contributed by atoms with E-state index in [1.165, 1.54) is 6.92 Å². The molecule has 0 saturated carbocycles. The van der Waals surface area contributed by atoms with E-state index in [2.05, 4.69) is 10.6 Å². The summed E-state index contributed by atoms with van der Waals surface area (Å²) in [6.45, 7) is 1.35. The van der Waals surface area contributed by atoms with Gasteiger partial charge in [-0.1, -0.05) is 42.5 Å². The van der Waals surface area contributed by atoms with Gasteiger partial charge in [-0.25, -0.2) is 0 Å². The molecule has 0 fully saturated rings. The van der Waals surface area contributed by atoms with E-state index >= 15 is 0 Å². The Morgan fingerprint density at radius 3 is 1.93 bits per heavy atom. The van der Waals surface area contributed by atoms with Crippen LogP contribution in [0.5, 0.6) is 5.75 Å². The third-order valence-electron chi connectivity index (χ3n) is 3.82. The van der Waals surface area contributed by atoms with Gasteiger partial charge >= 0.3 is 0 Å². The highest BCUT2D eigenvalue weighted by atomic mass is 16.5. The molecule has 0 heterocycles. The van der Waals surface area contributed by atoms with Gasteiger partial charge in [0.2, 0.25) is 5.91 Å². The molecule has 0 aromatic heterocycles. The summed E-state index contributed by atoms with van der Waals surface area (Å²) in [5.74, 6) is 0.174. The molecule has 0 radical (unpaired) electrons. The maximum atomic E-state index is 12.1. The summed E-state index contributed by atoms with van der Waals surface area (Å²) in [5, 5.41) is 5.48. The third-order valence-corrected chi connectivity index (χ3v) is 3.82. The molecule has 0 aliphatic rings. The molecule has 0 aliphatic carbocycles. The standard InChI is InChI=1S/C22H20N2O3/c1-16(25)23-19-11-13-21(14-12-19)27-15-22(26)24-20-9-7-18(8-10-20)17-5-3-2-4-6-17/h2-14H,15H2,1H3,(H,23,25)(H,24,26). The Balaban J connectivity index is 1.51. The molecule has 2 N–H and O–H groups in total.